The largest absolute Gasteiger partial charge is 0.493 e. The number of benzene rings is 1. The van der Waals surface area contributed by atoms with E-state index in [-0.39, 0.29) is 18.9 Å². The number of aliphatic hydroxyl groups excluding tert-OH is 1. The average molecular weight is 471 g/mol. The lowest BCUT2D eigenvalue weighted by Gasteiger charge is -2.38. The maximum atomic E-state index is 9.92. The molecule has 34 heavy (non-hydrogen) atoms. The zero-order valence-corrected chi connectivity index (χ0v) is 19.6. The van der Waals surface area contributed by atoms with E-state index in [4.69, 9.17) is 18.9 Å². The maximum absolute atomic E-state index is 9.92. The van der Waals surface area contributed by atoms with Gasteiger partial charge in [-0.05, 0) is 30.5 Å². The number of nitrogens with zero attached hydrogens (tertiary/aromatic N) is 5. The van der Waals surface area contributed by atoms with Gasteiger partial charge in [0, 0.05) is 25.7 Å². The summed E-state index contributed by atoms with van der Waals surface area (Å²) in [6, 6.07) is 4.34. The molecule has 1 aliphatic carbocycles. The second-order valence-corrected chi connectivity index (χ2v) is 8.59. The molecular formula is C23H30N6O5. The standard InChI is InChI=1S/C23H30N6O5/c1-31-17-6-14(7-18(32-2)21(17)33-3)8-28-9-16(11-30)34-19(10-28)29-13-26-20-22(27-15-4-5-15)24-12-25-23(20)29/h6-7,12-13,15-16,19,30H,4-5,8-11H2,1-3H3,(H,24,25,27)/t16-,19+/m0/s1. The molecule has 5 rings (SSSR count). The maximum Gasteiger partial charge on any atom is 0.203 e. The Balaban J connectivity index is 1.40. The van der Waals surface area contributed by atoms with Crippen molar-refractivity contribution in [3.05, 3.63) is 30.4 Å². The number of anilines is 1. The van der Waals surface area contributed by atoms with E-state index in [1.165, 1.54) is 0 Å². The zero-order chi connectivity index (χ0) is 23.7. The minimum atomic E-state index is -0.360. The molecule has 11 heteroatoms. The van der Waals surface area contributed by atoms with Crippen molar-refractivity contribution in [1.82, 2.24) is 24.4 Å². The van der Waals surface area contributed by atoms with Crippen LogP contribution in [0.25, 0.3) is 11.2 Å². The normalized spacial score (nSPS) is 20.9. The Labute approximate surface area is 197 Å². The van der Waals surface area contributed by atoms with E-state index in [1.54, 1.807) is 34.0 Å². The molecular weight excluding hydrogens is 440 g/mol. The highest BCUT2D eigenvalue weighted by Gasteiger charge is 2.31. The number of morpholine rings is 1. The fourth-order valence-corrected chi connectivity index (χ4v) is 4.35. The van der Waals surface area contributed by atoms with Crippen LogP contribution in [0.3, 0.4) is 0 Å². The first-order valence-corrected chi connectivity index (χ1v) is 11.3. The van der Waals surface area contributed by atoms with Crippen molar-refractivity contribution in [1.29, 1.82) is 0 Å². The van der Waals surface area contributed by atoms with Gasteiger partial charge in [-0.25, -0.2) is 15.0 Å². The summed E-state index contributed by atoms with van der Waals surface area (Å²) in [4.78, 5) is 15.6. The van der Waals surface area contributed by atoms with E-state index in [0.717, 1.165) is 29.7 Å². The number of nitrogens with one attached hydrogen (secondary N) is 1. The van der Waals surface area contributed by atoms with Gasteiger partial charge in [0.2, 0.25) is 5.75 Å². The smallest absolute Gasteiger partial charge is 0.203 e. The number of imidazole rings is 1. The van der Waals surface area contributed by atoms with Crippen LogP contribution < -0.4 is 19.5 Å². The third-order valence-electron chi connectivity index (χ3n) is 6.15. The van der Waals surface area contributed by atoms with Crippen molar-refractivity contribution in [2.75, 3.05) is 46.3 Å². The third kappa shape index (κ3) is 4.46. The average Bonchev–Trinajstić information content (AvgIpc) is 3.57. The Morgan fingerprint density at radius 3 is 2.47 bits per heavy atom. The molecule has 0 unspecified atom stereocenters. The Kier molecular flexibility index (Phi) is 6.40. The first-order chi connectivity index (χ1) is 16.6. The molecule has 0 amide bonds. The fourth-order valence-electron chi connectivity index (χ4n) is 4.35. The topological polar surface area (TPSA) is 116 Å². The predicted molar refractivity (Wildman–Crippen MR) is 124 cm³/mol. The zero-order valence-electron chi connectivity index (χ0n) is 19.6. The van der Waals surface area contributed by atoms with Crippen LogP contribution in [-0.4, -0.2) is 82.7 Å². The molecule has 1 aromatic carbocycles. The van der Waals surface area contributed by atoms with E-state index >= 15 is 0 Å². The molecule has 2 fully saturated rings. The molecule has 2 atom stereocenters. The van der Waals surface area contributed by atoms with E-state index in [1.807, 2.05) is 16.7 Å². The van der Waals surface area contributed by atoms with Crippen LogP contribution in [0.2, 0.25) is 0 Å². The molecule has 182 valence electrons. The lowest BCUT2D eigenvalue weighted by Crippen LogP contribution is -2.46. The van der Waals surface area contributed by atoms with Crippen molar-refractivity contribution in [3.8, 4) is 17.2 Å². The molecule has 11 nitrogen and oxygen atoms in total. The second-order valence-electron chi connectivity index (χ2n) is 8.59. The molecule has 1 saturated carbocycles. The molecule has 0 radical (unpaired) electrons. The molecule has 2 aliphatic rings. The number of fused-ring (bicyclic) bond motifs is 1. The highest BCUT2D eigenvalue weighted by atomic mass is 16.5. The highest BCUT2D eigenvalue weighted by molar-refractivity contribution is 5.83. The molecule has 0 bridgehead atoms. The number of hydrogen-bond acceptors (Lipinski definition) is 10. The van der Waals surface area contributed by atoms with Crippen LogP contribution >= 0.6 is 0 Å². The van der Waals surface area contributed by atoms with E-state index in [2.05, 4.69) is 25.2 Å². The molecule has 2 aromatic heterocycles. The Morgan fingerprint density at radius 1 is 1.06 bits per heavy atom. The van der Waals surface area contributed by atoms with E-state index in [0.29, 0.717) is 48.6 Å². The summed E-state index contributed by atoms with van der Waals surface area (Å²) in [5, 5.41) is 13.3. The van der Waals surface area contributed by atoms with Gasteiger partial charge in [0.1, 0.15) is 12.6 Å². The van der Waals surface area contributed by atoms with Gasteiger partial charge in [-0.2, -0.15) is 0 Å². The van der Waals surface area contributed by atoms with Crippen molar-refractivity contribution in [2.45, 2.75) is 37.8 Å². The number of aliphatic hydroxyl groups is 1. The SMILES string of the molecule is COc1cc(CN2C[C@@H](CO)O[C@@H](n3cnc4c(NC5CC5)ncnc43)C2)cc(OC)c1OC. The van der Waals surface area contributed by atoms with Crippen LogP contribution in [0, 0.1) is 0 Å². The molecule has 3 heterocycles. The highest BCUT2D eigenvalue weighted by Crippen LogP contribution is 2.39. The first-order valence-electron chi connectivity index (χ1n) is 11.3. The first kappa shape index (κ1) is 22.6. The van der Waals surface area contributed by atoms with Gasteiger partial charge in [0.05, 0.1) is 40.4 Å². The quantitative estimate of drug-likeness (QED) is 0.480. The molecule has 1 saturated heterocycles. The predicted octanol–water partition coefficient (Wildman–Crippen LogP) is 1.82. The fraction of sp³-hybridized carbons (Fsp3) is 0.522. The van der Waals surface area contributed by atoms with Gasteiger partial charge in [-0.1, -0.05) is 0 Å². The molecule has 3 aromatic rings. The Morgan fingerprint density at radius 2 is 1.82 bits per heavy atom. The number of methoxy groups -OCH3 is 3. The summed E-state index contributed by atoms with van der Waals surface area (Å²) in [6.45, 7) is 1.70. The van der Waals surface area contributed by atoms with Crippen molar-refractivity contribution < 1.29 is 24.1 Å². The third-order valence-corrected chi connectivity index (χ3v) is 6.15. The van der Waals surface area contributed by atoms with E-state index in [9.17, 15) is 5.11 Å². The summed E-state index contributed by atoms with van der Waals surface area (Å²) in [7, 11) is 4.79. The molecule has 1 aliphatic heterocycles. The van der Waals surface area contributed by atoms with Crippen LogP contribution in [0.1, 0.15) is 24.6 Å². The Bertz CT molecular complexity index is 1130. The van der Waals surface area contributed by atoms with Gasteiger partial charge in [-0.3, -0.25) is 9.47 Å². The monoisotopic (exact) mass is 470 g/mol. The van der Waals surface area contributed by atoms with Crippen LogP contribution in [0.15, 0.2) is 24.8 Å². The number of hydrogen-bond donors (Lipinski definition) is 2. The summed E-state index contributed by atoms with van der Waals surface area (Å²) in [5.74, 6) is 2.51. The summed E-state index contributed by atoms with van der Waals surface area (Å²) < 4.78 is 24.6. The van der Waals surface area contributed by atoms with Gasteiger partial charge in [-0.15, -0.1) is 0 Å². The van der Waals surface area contributed by atoms with Crippen molar-refractivity contribution in [2.24, 2.45) is 0 Å². The van der Waals surface area contributed by atoms with Gasteiger partial charge >= 0.3 is 0 Å². The molecule has 0 spiro atoms. The van der Waals surface area contributed by atoms with Gasteiger partial charge in [0.15, 0.2) is 28.5 Å². The minimum absolute atomic E-state index is 0.0850. The molecule has 2 N–H and O–H groups in total. The Hall–Kier alpha value is -3.15. The summed E-state index contributed by atoms with van der Waals surface area (Å²) in [6.07, 6.45) is 4.87. The van der Waals surface area contributed by atoms with Crippen molar-refractivity contribution in [3.63, 3.8) is 0 Å². The number of ether oxygens (including phenoxy) is 4. The van der Waals surface area contributed by atoms with Gasteiger partial charge < -0.3 is 29.4 Å². The number of rotatable bonds is 9. The van der Waals surface area contributed by atoms with Crippen LogP contribution in [0.4, 0.5) is 5.82 Å². The van der Waals surface area contributed by atoms with E-state index < -0.39 is 0 Å². The summed E-state index contributed by atoms with van der Waals surface area (Å²) >= 11 is 0. The number of aromatic nitrogens is 4. The second kappa shape index (κ2) is 9.61. The van der Waals surface area contributed by atoms with Gasteiger partial charge in [0.25, 0.3) is 0 Å². The summed E-state index contributed by atoms with van der Waals surface area (Å²) in [5.41, 5.74) is 2.43. The van der Waals surface area contributed by atoms with Crippen LogP contribution in [0.5, 0.6) is 17.2 Å². The minimum Gasteiger partial charge on any atom is -0.493 e. The van der Waals surface area contributed by atoms with Crippen LogP contribution in [-0.2, 0) is 11.3 Å². The lowest BCUT2D eigenvalue weighted by molar-refractivity contribution is -0.135. The van der Waals surface area contributed by atoms with Crippen molar-refractivity contribution >= 4 is 17.0 Å². The lowest BCUT2D eigenvalue weighted by atomic mass is 10.1.